The van der Waals surface area contributed by atoms with E-state index in [0.29, 0.717) is 11.5 Å². The minimum atomic E-state index is 0.0981. The van der Waals surface area contributed by atoms with Gasteiger partial charge in [0.15, 0.2) is 11.5 Å². The maximum Gasteiger partial charge on any atom is 0.162 e. The summed E-state index contributed by atoms with van der Waals surface area (Å²) in [6.45, 7) is 1.64. The third kappa shape index (κ3) is 3.24. The summed E-state index contributed by atoms with van der Waals surface area (Å²) in [6, 6.07) is 18.3. The molecule has 3 aromatic carbocycles. The monoisotopic (exact) mass is 401 g/mol. The molecule has 1 aliphatic rings. The van der Waals surface area contributed by atoms with Crippen molar-refractivity contribution in [3.63, 3.8) is 0 Å². The van der Waals surface area contributed by atoms with Crippen LogP contribution >= 0.6 is 0 Å². The maximum atomic E-state index is 6.40. The maximum absolute atomic E-state index is 6.40. The molecule has 0 spiro atoms. The highest BCUT2D eigenvalue weighted by Gasteiger charge is 2.27. The number of ether oxygens (including phenoxy) is 3. The van der Waals surface area contributed by atoms with Crippen LogP contribution in [0.2, 0.25) is 0 Å². The predicted octanol–water partition coefficient (Wildman–Crippen LogP) is 4.46. The molecule has 5 rings (SSSR count). The van der Waals surface area contributed by atoms with Gasteiger partial charge >= 0.3 is 0 Å². The van der Waals surface area contributed by atoms with Crippen molar-refractivity contribution in [2.24, 2.45) is 0 Å². The highest BCUT2D eigenvalue weighted by Crippen LogP contribution is 2.36. The van der Waals surface area contributed by atoms with E-state index >= 15 is 0 Å². The standard InChI is InChI=1S/C24H23N3O3/c1-28-22-12-19-20(13-23(22)29-2)25-15-26-24(19)27-11-10-17(14-27)30-21-9-5-7-16-6-3-4-8-18(16)21/h3-9,12-13,15,17H,10-11,14H2,1-2H3. The molecule has 6 heteroatoms. The fourth-order valence-electron chi connectivity index (χ4n) is 4.12. The first-order chi connectivity index (χ1) is 14.8. The van der Waals surface area contributed by atoms with Crippen molar-refractivity contribution in [1.29, 1.82) is 0 Å². The second kappa shape index (κ2) is 7.71. The summed E-state index contributed by atoms with van der Waals surface area (Å²) in [5.41, 5.74) is 0.830. The zero-order chi connectivity index (χ0) is 20.5. The number of nitrogens with zero attached hydrogens (tertiary/aromatic N) is 3. The number of hydrogen-bond acceptors (Lipinski definition) is 6. The summed E-state index contributed by atoms with van der Waals surface area (Å²) in [4.78, 5) is 11.2. The molecule has 4 aromatic rings. The Labute approximate surface area is 175 Å². The first kappa shape index (κ1) is 18.5. The molecule has 30 heavy (non-hydrogen) atoms. The molecule has 0 amide bonds. The van der Waals surface area contributed by atoms with Gasteiger partial charge in [-0.05, 0) is 17.5 Å². The minimum Gasteiger partial charge on any atom is -0.493 e. The number of aromatic nitrogens is 2. The zero-order valence-electron chi connectivity index (χ0n) is 17.0. The van der Waals surface area contributed by atoms with E-state index in [1.54, 1.807) is 20.5 Å². The highest BCUT2D eigenvalue weighted by molar-refractivity contribution is 5.92. The van der Waals surface area contributed by atoms with Crippen LogP contribution in [0.5, 0.6) is 17.2 Å². The second-order valence-electron chi connectivity index (χ2n) is 7.37. The van der Waals surface area contributed by atoms with Crippen molar-refractivity contribution >= 4 is 27.5 Å². The third-order valence-electron chi connectivity index (χ3n) is 5.61. The average molecular weight is 401 g/mol. The van der Waals surface area contributed by atoms with Gasteiger partial charge in [0.2, 0.25) is 0 Å². The van der Waals surface area contributed by atoms with Gasteiger partial charge in [-0.25, -0.2) is 9.97 Å². The fourth-order valence-corrected chi connectivity index (χ4v) is 4.12. The largest absolute Gasteiger partial charge is 0.493 e. The smallest absolute Gasteiger partial charge is 0.162 e. The van der Waals surface area contributed by atoms with E-state index in [2.05, 4.69) is 33.1 Å². The lowest BCUT2D eigenvalue weighted by Gasteiger charge is -2.20. The fraction of sp³-hybridized carbons (Fsp3) is 0.250. The molecule has 0 radical (unpaired) electrons. The Morgan fingerprint density at radius 1 is 0.867 bits per heavy atom. The van der Waals surface area contributed by atoms with Crippen molar-refractivity contribution < 1.29 is 14.2 Å². The van der Waals surface area contributed by atoms with E-state index in [9.17, 15) is 0 Å². The molecule has 1 saturated heterocycles. The van der Waals surface area contributed by atoms with Crippen LogP contribution in [0.1, 0.15) is 6.42 Å². The van der Waals surface area contributed by atoms with Crippen LogP contribution in [0, 0.1) is 0 Å². The first-order valence-electron chi connectivity index (χ1n) is 10.0. The summed E-state index contributed by atoms with van der Waals surface area (Å²) in [5, 5.41) is 3.27. The number of fused-ring (bicyclic) bond motifs is 2. The zero-order valence-corrected chi connectivity index (χ0v) is 17.0. The van der Waals surface area contributed by atoms with Gasteiger partial charge in [0.25, 0.3) is 0 Å². The highest BCUT2D eigenvalue weighted by atomic mass is 16.5. The summed E-state index contributed by atoms with van der Waals surface area (Å²) >= 11 is 0. The molecule has 152 valence electrons. The van der Waals surface area contributed by atoms with Crippen molar-refractivity contribution in [2.45, 2.75) is 12.5 Å². The molecule has 1 fully saturated rings. The molecular formula is C24H23N3O3. The molecule has 1 aromatic heterocycles. The Morgan fingerprint density at radius 2 is 1.67 bits per heavy atom. The van der Waals surface area contributed by atoms with Crippen molar-refractivity contribution in [2.75, 3.05) is 32.2 Å². The molecular weight excluding hydrogens is 378 g/mol. The molecule has 1 atom stereocenters. The SMILES string of the molecule is COc1cc2ncnc(N3CCC(Oc4cccc5ccccc45)C3)c2cc1OC. The number of hydrogen-bond donors (Lipinski definition) is 0. The summed E-state index contributed by atoms with van der Waals surface area (Å²) < 4.78 is 17.3. The van der Waals surface area contributed by atoms with Gasteiger partial charge in [0, 0.05) is 29.8 Å². The average Bonchev–Trinajstić information content (AvgIpc) is 3.26. The molecule has 0 saturated carbocycles. The Kier molecular flexibility index (Phi) is 4.75. The minimum absolute atomic E-state index is 0.0981. The lowest BCUT2D eigenvalue weighted by molar-refractivity contribution is 0.228. The molecule has 2 heterocycles. The van der Waals surface area contributed by atoms with Crippen molar-refractivity contribution in [3.05, 3.63) is 60.9 Å². The van der Waals surface area contributed by atoms with Crippen LogP contribution in [0.3, 0.4) is 0 Å². The van der Waals surface area contributed by atoms with E-state index in [0.717, 1.165) is 47.4 Å². The van der Waals surface area contributed by atoms with E-state index in [1.807, 2.05) is 36.4 Å². The molecule has 0 aliphatic carbocycles. The van der Waals surface area contributed by atoms with Gasteiger partial charge in [0.05, 0.1) is 26.3 Å². The Morgan fingerprint density at radius 3 is 2.53 bits per heavy atom. The van der Waals surface area contributed by atoms with Gasteiger partial charge in [-0.1, -0.05) is 36.4 Å². The molecule has 1 aliphatic heterocycles. The third-order valence-corrected chi connectivity index (χ3v) is 5.61. The molecule has 6 nitrogen and oxygen atoms in total. The van der Waals surface area contributed by atoms with E-state index in [-0.39, 0.29) is 6.10 Å². The van der Waals surface area contributed by atoms with Crippen molar-refractivity contribution in [1.82, 2.24) is 9.97 Å². The van der Waals surface area contributed by atoms with E-state index in [4.69, 9.17) is 14.2 Å². The van der Waals surface area contributed by atoms with E-state index in [1.165, 1.54) is 5.39 Å². The summed E-state index contributed by atoms with van der Waals surface area (Å²) in [6.07, 6.45) is 2.63. The lowest BCUT2D eigenvalue weighted by Crippen LogP contribution is -2.25. The molecule has 0 N–H and O–H groups in total. The predicted molar refractivity (Wildman–Crippen MR) is 118 cm³/mol. The van der Waals surface area contributed by atoms with Crippen LogP contribution in [-0.4, -0.2) is 43.4 Å². The Bertz CT molecular complexity index is 1210. The van der Waals surface area contributed by atoms with Crippen LogP contribution in [0.4, 0.5) is 5.82 Å². The molecule has 0 bridgehead atoms. The summed E-state index contributed by atoms with van der Waals surface area (Å²) in [5.74, 6) is 3.15. The number of anilines is 1. The van der Waals surface area contributed by atoms with Gasteiger partial charge in [-0.3, -0.25) is 0 Å². The number of benzene rings is 3. The van der Waals surface area contributed by atoms with Gasteiger partial charge < -0.3 is 19.1 Å². The van der Waals surface area contributed by atoms with E-state index < -0.39 is 0 Å². The van der Waals surface area contributed by atoms with Crippen LogP contribution in [0.25, 0.3) is 21.7 Å². The van der Waals surface area contributed by atoms with Crippen LogP contribution < -0.4 is 19.1 Å². The second-order valence-corrected chi connectivity index (χ2v) is 7.37. The normalized spacial score (nSPS) is 16.2. The summed E-state index contributed by atoms with van der Waals surface area (Å²) in [7, 11) is 3.26. The topological polar surface area (TPSA) is 56.7 Å². The number of methoxy groups -OCH3 is 2. The lowest BCUT2D eigenvalue weighted by atomic mass is 10.1. The van der Waals surface area contributed by atoms with Crippen LogP contribution in [-0.2, 0) is 0 Å². The van der Waals surface area contributed by atoms with Gasteiger partial charge in [-0.15, -0.1) is 0 Å². The van der Waals surface area contributed by atoms with Crippen LogP contribution in [0.15, 0.2) is 60.9 Å². The van der Waals surface area contributed by atoms with Gasteiger partial charge in [-0.2, -0.15) is 0 Å². The Balaban J connectivity index is 1.42. The van der Waals surface area contributed by atoms with Crippen molar-refractivity contribution in [3.8, 4) is 17.2 Å². The number of rotatable bonds is 5. The quantitative estimate of drug-likeness (QED) is 0.492. The molecule has 1 unspecified atom stereocenters. The van der Waals surface area contributed by atoms with Gasteiger partial charge in [0.1, 0.15) is 24.0 Å². The Hall–Kier alpha value is -3.54. The first-order valence-corrected chi connectivity index (χ1v) is 10.0.